The van der Waals surface area contributed by atoms with Crippen LogP contribution in [0.15, 0.2) is 90.1 Å². The van der Waals surface area contributed by atoms with E-state index in [1.165, 1.54) is 0 Å². The Morgan fingerprint density at radius 1 is 0.906 bits per heavy atom. The van der Waals surface area contributed by atoms with Crippen molar-refractivity contribution >= 4 is 23.1 Å². The van der Waals surface area contributed by atoms with Crippen molar-refractivity contribution in [3.05, 3.63) is 107 Å². The highest BCUT2D eigenvalue weighted by molar-refractivity contribution is 6.11. The maximum absolute atomic E-state index is 14.0. The van der Waals surface area contributed by atoms with Gasteiger partial charge in [-0.3, -0.25) is 14.5 Å². The number of rotatable bonds is 2. The second kappa shape index (κ2) is 8.83. The molecule has 1 aliphatic heterocycles. The molecule has 0 spiro atoms. The molecule has 162 valence electrons. The first-order valence-electron chi connectivity index (χ1n) is 10.7. The van der Waals surface area contributed by atoms with Gasteiger partial charge in [-0.25, -0.2) is 0 Å². The highest BCUT2D eigenvalue weighted by Gasteiger charge is 2.39. The van der Waals surface area contributed by atoms with E-state index in [2.05, 4.69) is 5.32 Å². The number of anilines is 2. The minimum atomic E-state index is -0.478. The number of ketones is 1. The van der Waals surface area contributed by atoms with Crippen LogP contribution >= 0.6 is 0 Å². The van der Waals surface area contributed by atoms with Crippen LogP contribution < -0.4 is 10.2 Å². The Morgan fingerprint density at radius 3 is 2.34 bits per heavy atom. The summed E-state index contributed by atoms with van der Waals surface area (Å²) in [5.74, 6) is -0.00709. The van der Waals surface area contributed by atoms with E-state index in [4.69, 9.17) is 0 Å². The fraction of sp³-hybridized carbons (Fsp3) is 0.214. The van der Waals surface area contributed by atoms with Crippen LogP contribution in [0.4, 0.5) is 11.4 Å². The van der Waals surface area contributed by atoms with Gasteiger partial charge in [0.2, 0.25) is 0 Å². The Bertz CT molecular complexity index is 1180. The molecule has 0 radical (unpaired) electrons. The molecule has 1 atom stereocenters. The summed E-state index contributed by atoms with van der Waals surface area (Å²) < 4.78 is 0. The van der Waals surface area contributed by atoms with Crippen molar-refractivity contribution in [2.45, 2.75) is 39.7 Å². The Morgan fingerprint density at radius 2 is 1.59 bits per heavy atom. The van der Waals surface area contributed by atoms with E-state index in [9.17, 15) is 9.59 Å². The predicted molar refractivity (Wildman–Crippen MR) is 130 cm³/mol. The van der Waals surface area contributed by atoms with Crippen molar-refractivity contribution in [1.82, 2.24) is 0 Å². The first-order chi connectivity index (χ1) is 15.1. The molecule has 0 bridgehead atoms. The molecule has 1 aliphatic carbocycles. The zero-order valence-electron chi connectivity index (χ0n) is 17.5. The largest absolute Gasteiger partial charge is 0.357 e. The number of fused-ring (bicyclic) bond motifs is 1. The third kappa shape index (κ3) is 3.73. The number of aryl methyl sites for hydroxylation is 1. The normalized spacial score (nSPS) is 17.5. The first-order valence-corrected chi connectivity index (χ1v) is 10.7. The number of allylic oxidation sites excluding steroid dienone is 1. The van der Waals surface area contributed by atoms with Crippen molar-refractivity contribution in [1.29, 1.82) is 0 Å². The van der Waals surface area contributed by atoms with Gasteiger partial charge in [-0.1, -0.05) is 67.6 Å². The van der Waals surface area contributed by atoms with Gasteiger partial charge in [0.15, 0.2) is 5.78 Å². The fourth-order valence-electron chi connectivity index (χ4n) is 4.54. The smallest absolute Gasteiger partial charge is 0.259 e. The Kier molecular flexibility index (Phi) is 5.95. The van der Waals surface area contributed by atoms with Crippen LogP contribution in [-0.4, -0.2) is 11.7 Å². The summed E-state index contributed by atoms with van der Waals surface area (Å²) in [7, 11) is 0. The minimum absolute atomic E-state index is 0. The van der Waals surface area contributed by atoms with Gasteiger partial charge in [-0.05, 0) is 49.6 Å². The highest BCUT2D eigenvalue weighted by Crippen LogP contribution is 2.45. The maximum Gasteiger partial charge on any atom is 0.259 e. The third-order valence-corrected chi connectivity index (χ3v) is 6.07. The second-order valence-corrected chi connectivity index (χ2v) is 8.17. The minimum Gasteiger partial charge on any atom is -0.357 e. The number of Topliss-reactive ketones (excluding diaryl/α,β-unsaturated/α-hetero) is 1. The summed E-state index contributed by atoms with van der Waals surface area (Å²) in [6, 6.07) is 24.8. The van der Waals surface area contributed by atoms with Crippen LogP contribution in [0.5, 0.6) is 0 Å². The van der Waals surface area contributed by atoms with E-state index in [0.717, 1.165) is 41.0 Å². The highest BCUT2D eigenvalue weighted by atomic mass is 16.2. The van der Waals surface area contributed by atoms with Crippen LogP contribution in [0.25, 0.3) is 0 Å². The van der Waals surface area contributed by atoms with Crippen LogP contribution in [0, 0.1) is 6.92 Å². The average Bonchev–Trinajstić information content (AvgIpc) is 2.95. The Labute approximate surface area is 189 Å². The summed E-state index contributed by atoms with van der Waals surface area (Å²) in [5, 5.41) is 3.50. The molecule has 4 heteroatoms. The Balaban J connectivity index is 0.00000245. The lowest BCUT2D eigenvalue weighted by Gasteiger charge is -2.34. The molecule has 0 saturated carbocycles. The SMILES string of the molecule is C.Cc1ccc(C(=O)N2c3ccccc3NC3=C(C(=O)CCC3)C2c2ccccc2)cc1. The van der Waals surface area contributed by atoms with Crippen LogP contribution in [0.2, 0.25) is 0 Å². The van der Waals surface area contributed by atoms with E-state index in [1.807, 2.05) is 85.8 Å². The number of amides is 1. The molecule has 2 aliphatic rings. The van der Waals surface area contributed by atoms with E-state index in [0.29, 0.717) is 17.6 Å². The quantitative estimate of drug-likeness (QED) is 0.514. The van der Waals surface area contributed by atoms with Crippen LogP contribution in [0.1, 0.15) is 54.2 Å². The van der Waals surface area contributed by atoms with Gasteiger partial charge in [0.05, 0.1) is 17.4 Å². The van der Waals surface area contributed by atoms with Crippen molar-refractivity contribution in [3.63, 3.8) is 0 Å². The predicted octanol–water partition coefficient (Wildman–Crippen LogP) is 6.45. The maximum atomic E-state index is 14.0. The lowest BCUT2D eigenvalue weighted by Crippen LogP contribution is -2.38. The zero-order valence-corrected chi connectivity index (χ0v) is 17.5. The third-order valence-electron chi connectivity index (χ3n) is 6.07. The van der Waals surface area contributed by atoms with Gasteiger partial charge in [-0.15, -0.1) is 0 Å². The first kappa shape index (κ1) is 21.6. The molecule has 1 heterocycles. The molecule has 0 aromatic heterocycles. The standard InChI is InChI=1S/C27H24N2O2.CH4/c1-18-14-16-20(17-15-18)27(31)29-23-12-6-5-10-21(23)28-22-11-7-13-24(30)25(22)26(29)19-8-3-2-4-9-19;/h2-6,8-10,12,14-17,26,28H,7,11,13H2,1H3;1H4. The number of nitrogens with one attached hydrogen (secondary N) is 1. The van der Waals surface area contributed by atoms with E-state index in [1.54, 1.807) is 4.90 Å². The van der Waals surface area contributed by atoms with E-state index < -0.39 is 6.04 Å². The van der Waals surface area contributed by atoms with Gasteiger partial charge >= 0.3 is 0 Å². The van der Waals surface area contributed by atoms with E-state index in [-0.39, 0.29) is 19.1 Å². The van der Waals surface area contributed by atoms with Gasteiger partial charge in [0, 0.05) is 23.3 Å². The molecule has 1 unspecified atom stereocenters. The van der Waals surface area contributed by atoms with Crippen molar-refractivity contribution < 1.29 is 9.59 Å². The molecular formula is C28H28N2O2. The summed E-state index contributed by atoms with van der Waals surface area (Å²) in [6.07, 6.45) is 2.12. The Hall–Kier alpha value is -3.66. The summed E-state index contributed by atoms with van der Waals surface area (Å²) in [4.78, 5) is 29.0. The van der Waals surface area contributed by atoms with Gasteiger partial charge in [0.1, 0.15) is 0 Å². The molecule has 0 fully saturated rings. The van der Waals surface area contributed by atoms with Gasteiger partial charge in [0.25, 0.3) is 5.91 Å². The molecule has 3 aromatic carbocycles. The molecule has 5 rings (SSSR count). The van der Waals surface area contributed by atoms with Crippen molar-refractivity contribution in [3.8, 4) is 0 Å². The van der Waals surface area contributed by atoms with Gasteiger partial charge < -0.3 is 5.32 Å². The zero-order chi connectivity index (χ0) is 21.4. The topological polar surface area (TPSA) is 49.4 Å². The van der Waals surface area contributed by atoms with Gasteiger partial charge in [-0.2, -0.15) is 0 Å². The monoisotopic (exact) mass is 424 g/mol. The van der Waals surface area contributed by atoms with Crippen LogP contribution in [-0.2, 0) is 4.79 Å². The number of carbonyl (C=O) groups excluding carboxylic acids is 2. The molecule has 1 N–H and O–H groups in total. The van der Waals surface area contributed by atoms with Crippen LogP contribution in [0.3, 0.4) is 0 Å². The molecule has 4 nitrogen and oxygen atoms in total. The van der Waals surface area contributed by atoms with Crippen molar-refractivity contribution in [2.75, 3.05) is 10.2 Å². The summed E-state index contributed by atoms with van der Waals surface area (Å²) >= 11 is 0. The number of carbonyl (C=O) groups is 2. The fourth-order valence-corrected chi connectivity index (χ4v) is 4.54. The number of nitrogens with zero attached hydrogens (tertiary/aromatic N) is 1. The number of para-hydroxylation sites is 2. The van der Waals surface area contributed by atoms with E-state index >= 15 is 0 Å². The second-order valence-electron chi connectivity index (χ2n) is 8.17. The lowest BCUT2D eigenvalue weighted by atomic mass is 9.85. The number of hydrogen-bond acceptors (Lipinski definition) is 3. The number of benzene rings is 3. The summed E-state index contributed by atoms with van der Waals surface area (Å²) in [5.41, 5.74) is 5.90. The average molecular weight is 425 g/mol. The molecular weight excluding hydrogens is 396 g/mol. The lowest BCUT2D eigenvalue weighted by molar-refractivity contribution is -0.116. The molecule has 32 heavy (non-hydrogen) atoms. The molecule has 3 aromatic rings. The van der Waals surface area contributed by atoms with Crippen molar-refractivity contribution in [2.24, 2.45) is 0 Å². The summed E-state index contributed by atoms with van der Waals surface area (Å²) in [6.45, 7) is 2.00. The molecule has 1 amide bonds. The molecule has 0 saturated heterocycles. The number of hydrogen-bond donors (Lipinski definition) is 1.